The maximum atomic E-state index is 6.16. The van der Waals surface area contributed by atoms with Crippen molar-refractivity contribution in [1.82, 2.24) is 9.55 Å². The number of anilines is 1. The molecule has 2 rings (SSSR count). The van der Waals surface area contributed by atoms with E-state index in [4.69, 9.17) is 17.3 Å². The van der Waals surface area contributed by atoms with Crippen LogP contribution in [0.2, 0.25) is 5.02 Å². The summed E-state index contributed by atoms with van der Waals surface area (Å²) in [5, 5.41) is 4.07. The second-order valence-corrected chi connectivity index (χ2v) is 5.14. The second kappa shape index (κ2) is 6.08. The summed E-state index contributed by atoms with van der Waals surface area (Å²) in [6.45, 7) is 4.71. The van der Waals surface area contributed by atoms with E-state index in [2.05, 4.69) is 28.7 Å². The topological polar surface area (TPSA) is 55.9 Å². The van der Waals surface area contributed by atoms with Crippen molar-refractivity contribution >= 4 is 17.3 Å². The molecule has 1 unspecified atom stereocenters. The van der Waals surface area contributed by atoms with Gasteiger partial charge in [-0.15, -0.1) is 0 Å². The van der Waals surface area contributed by atoms with Crippen molar-refractivity contribution in [2.45, 2.75) is 25.9 Å². The van der Waals surface area contributed by atoms with Gasteiger partial charge in [0.15, 0.2) is 0 Å². The molecule has 0 amide bonds. The molecular formula is C14H19ClN4. The number of para-hydroxylation sites is 1. The average Bonchev–Trinajstić information content (AvgIpc) is 2.87. The fraction of sp³-hybridized carbons (Fsp3) is 0.357. The van der Waals surface area contributed by atoms with Gasteiger partial charge in [-0.05, 0) is 26.0 Å². The quantitative estimate of drug-likeness (QED) is 0.883. The Morgan fingerprint density at radius 3 is 2.74 bits per heavy atom. The number of nitrogens with two attached hydrogens (primary N) is 1. The van der Waals surface area contributed by atoms with Crippen LogP contribution in [0.3, 0.4) is 0 Å². The van der Waals surface area contributed by atoms with Crippen molar-refractivity contribution < 1.29 is 0 Å². The van der Waals surface area contributed by atoms with E-state index < -0.39 is 0 Å². The van der Waals surface area contributed by atoms with E-state index in [0.717, 1.165) is 11.4 Å². The largest absolute Gasteiger partial charge is 0.374 e. The van der Waals surface area contributed by atoms with Gasteiger partial charge < -0.3 is 15.6 Å². The zero-order chi connectivity index (χ0) is 13.8. The van der Waals surface area contributed by atoms with Gasteiger partial charge in [0.1, 0.15) is 0 Å². The van der Waals surface area contributed by atoms with Gasteiger partial charge in [0.25, 0.3) is 0 Å². The highest BCUT2D eigenvalue weighted by molar-refractivity contribution is 6.33. The summed E-state index contributed by atoms with van der Waals surface area (Å²) >= 11 is 6.16. The minimum atomic E-state index is -0.00944. The van der Waals surface area contributed by atoms with Crippen LogP contribution in [0.1, 0.15) is 31.6 Å². The van der Waals surface area contributed by atoms with Gasteiger partial charge in [-0.2, -0.15) is 0 Å². The van der Waals surface area contributed by atoms with E-state index in [1.54, 1.807) is 0 Å². The smallest absolute Gasteiger partial charge is 0.0951 e. The maximum Gasteiger partial charge on any atom is 0.0951 e. The third kappa shape index (κ3) is 3.08. The number of rotatable bonds is 5. The predicted octanol–water partition coefficient (Wildman–Crippen LogP) is 3.23. The molecule has 1 aromatic heterocycles. The number of hydrogen-bond acceptors (Lipinski definition) is 3. The Hall–Kier alpha value is -1.52. The third-order valence-electron chi connectivity index (χ3n) is 3.05. The molecule has 19 heavy (non-hydrogen) atoms. The number of nitrogens with one attached hydrogen (secondary N) is 1. The summed E-state index contributed by atoms with van der Waals surface area (Å²) in [4.78, 5) is 4.21. The molecule has 0 aliphatic carbocycles. The Kier molecular flexibility index (Phi) is 4.45. The predicted molar refractivity (Wildman–Crippen MR) is 79.5 cm³/mol. The van der Waals surface area contributed by atoms with Crippen LogP contribution in [0.25, 0.3) is 0 Å². The number of imidazole rings is 1. The highest BCUT2D eigenvalue weighted by Crippen LogP contribution is 2.26. The minimum Gasteiger partial charge on any atom is -0.374 e. The molecule has 3 N–H and O–H groups in total. The lowest BCUT2D eigenvalue weighted by atomic mass is 10.2. The molecule has 4 nitrogen and oxygen atoms in total. The van der Waals surface area contributed by atoms with Crippen LogP contribution in [0.4, 0.5) is 5.69 Å². The number of halogens is 1. The highest BCUT2D eigenvalue weighted by atomic mass is 35.5. The molecule has 5 heteroatoms. The Morgan fingerprint density at radius 2 is 2.11 bits per heavy atom. The van der Waals surface area contributed by atoms with E-state index in [-0.39, 0.29) is 6.04 Å². The first kappa shape index (κ1) is 13.9. The van der Waals surface area contributed by atoms with Crippen LogP contribution in [0.15, 0.2) is 36.8 Å². The average molecular weight is 279 g/mol. The Balaban J connectivity index is 2.26. The molecule has 0 spiro atoms. The van der Waals surface area contributed by atoms with Crippen LogP contribution >= 0.6 is 11.6 Å². The molecule has 0 aliphatic heterocycles. The molecule has 1 atom stereocenters. The van der Waals surface area contributed by atoms with Gasteiger partial charge in [-0.3, -0.25) is 0 Å². The van der Waals surface area contributed by atoms with Gasteiger partial charge in [0.2, 0.25) is 0 Å². The van der Waals surface area contributed by atoms with Crippen LogP contribution in [0.5, 0.6) is 0 Å². The van der Waals surface area contributed by atoms with E-state index in [9.17, 15) is 0 Å². The Morgan fingerprint density at radius 1 is 1.37 bits per heavy atom. The lowest BCUT2D eigenvalue weighted by Crippen LogP contribution is -2.24. The molecule has 0 radical (unpaired) electrons. The van der Waals surface area contributed by atoms with E-state index in [0.29, 0.717) is 17.6 Å². The molecule has 2 aromatic rings. The van der Waals surface area contributed by atoms with Crippen LogP contribution < -0.4 is 11.1 Å². The van der Waals surface area contributed by atoms with Crippen LogP contribution in [0, 0.1) is 0 Å². The Bertz CT molecular complexity index is 536. The van der Waals surface area contributed by atoms with E-state index in [1.165, 1.54) is 0 Å². The molecule has 1 aromatic carbocycles. The normalized spacial score (nSPS) is 12.7. The molecule has 0 aliphatic rings. The molecule has 1 heterocycles. The number of nitrogens with zero attached hydrogens (tertiary/aromatic N) is 2. The fourth-order valence-corrected chi connectivity index (χ4v) is 2.23. The lowest BCUT2D eigenvalue weighted by Gasteiger charge is -2.22. The SMILES string of the molecule is CC(C)n1cncc1C(CN)Nc1ccccc1Cl. The van der Waals surface area contributed by atoms with Crippen LogP contribution in [-0.2, 0) is 0 Å². The number of aromatic nitrogens is 2. The van der Waals surface area contributed by atoms with Gasteiger partial charge >= 0.3 is 0 Å². The van der Waals surface area contributed by atoms with Gasteiger partial charge in [-0.25, -0.2) is 4.98 Å². The van der Waals surface area contributed by atoms with Crippen molar-refractivity contribution in [2.24, 2.45) is 5.73 Å². The van der Waals surface area contributed by atoms with Crippen molar-refractivity contribution in [2.75, 3.05) is 11.9 Å². The van der Waals surface area contributed by atoms with Gasteiger partial charge in [-0.1, -0.05) is 23.7 Å². The monoisotopic (exact) mass is 278 g/mol. The van der Waals surface area contributed by atoms with Gasteiger partial charge in [0, 0.05) is 12.6 Å². The molecular weight excluding hydrogens is 260 g/mol. The van der Waals surface area contributed by atoms with Crippen molar-refractivity contribution in [3.05, 3.63) is 47.5 Å². The summed E-state index contributed by atoms with van der Waals surface area (Å²) in [5.74, 6) is 0. The first-order chi connectivity index (χ1) is 9.13. The fourth-order valence-electron chi connectivity index (χ4n) is 2.04. The van der Waals surface area contributed by atoms with Crippen LogP contribution in [-0.4, -0.2) is 16.1 Å². The van der Waals surface area contributed by atoms with Crippen molar-refractivity contribution in [3.8, 4) is 0 Å². The summed E-state index contributed by atoms with van der Waals surface area (Å²) in [5.41, 5.74) is 7.84. The Labute approximate surface area is 118 Å². The summed E-state index contributed by atoms with van der Waals surface area (Å²) in [7, 11) is 0. The minimum absolute atomic E-state index is 0.00944. The first-order valence-electron chi connectivity index (χ1n) is 6.36. The standard InChI is InChI=1S/C14H19ClN4/c1-10(2)19-9-17-8-14(19)13(7-16)18-12-6-4-3-5-11(12)15/h3-6,8-10,13,18H,7,16H2,1-2H3. The summed E-state index contributed by atoms with van der Waals surface area (Å²) in [6, 6.07) is 7.99. The zero-order valence-corrected chi connectivity index (χ0v) is 11.9. The van der Waals surface area contributed by atoms with Crippen molar-refractivity contribution in [1.29, 1.82) is 0 Å². The summed E-state index contributed by atoms with van der Waals surface area (Å²) < 4.78 is 2.11. The second-order valence-electron chi connectivity index (χ2n) is 4.73. The van der Waals surface area contributed by atoms with Gasteiger partial charge in [0.05, 0.1) is 35.0 Å². The third-order valence-corrected chi connectivity index (χ3v) is 3.38. The highest BCUT2D eigenvalue weighted by Gasteiger charge is 2.16. The van der Waals surface area contributed by atoms with E-state index in [1.807, 2.05) is 36.8 Å². The number of benzene rings is 1. The molecule has 0 saturated heterocycles. The maximum absolute atomic E-state index is 6.16. The molecule has 0 fully saturated rings. The first-order valence-corrected chi connectivity index (χ1v) is 6.74. The molecule has 0 bridgehead atoms. The zero-order valence-electron chi connectivity index (χ0n) is 11.2. The van der Waals surface area contributed by atoms with Crippen molar-refractivity contribution in [3.63, 3.8) is 0 Å². The van der Waals surface area contributed by atoms with E-state index >= 15 is 0 Å². The number of hydrogen-bond donors (Lipinski definition) is 2. The summed E-state index contributed by atoms with van der Waals surface area (Å²) in [6.07, 6.45) is 3.68. The lowest BCUT2D eigenvalue weighted by molar-refractivity contribution is 0.553. The molecule has 102 valence electrons. The molecule has 0 saturated carbocycles.